The Bertz CT molecular complexity index is 1220. The van der Waals surface area contributed by atoms with E-state index in [4.69, 9.17) is 14.2 Å². The zero-order chi connectivity index (χ0) is 25.5. The Morgan fingerprint density at radius 1 is 1.17 bits per heavy atom. The van der Waals surface area contributed by atoms with Gasteiger partial charge in [0.25, 0.3) is 0 Å². The number of esters is 1. The predicted molar refractivity (Wildman–Crippen MR) is 133 cm³/mol. The first-order valence-corrected chi connectivity index (χ1v) is 12.8. The molecule has 0 aromatic heterocycles. The Morgan fingerprint density at radius 3 is 2.64 bits per heavy atom. The van der Waals surface area contributed by atoms with Crippen molar-refractivity contribution in [2.24, 2.45) is 34.0 Å². The molecular formula is C30H32O6. The lowest BCUT2D eigenvalue weighted by atomic mass is 9.41. The Morgan fingerprint density at radius 2 is 1.92 bits per heavy atom. The van der Waals surface area contributed by atoms with E-state index in [-0.39, 0.29) is 34.7 Å². The average Bonchev–Trinajstić information content (AvgIpc) is 3.28. The van der Waals surface area contributed by atoms with Crippen LogP contribution in [0.2, 0.25) is 0 Å². The van der Waals surface area contributed by atoms with E-state index in [1.54, 1.807) is 13.2 Å². The first-order chi connectivity index (χ1) is 17.2. The van der Waals surface area contributed by atoms with Crippen LogP contribution in [0, 0.1) is 34.0 Å². The second kappa shape index (κ2) is 7.75. The normalized spacial score (nSPS) is 39.8. The van der Waals surface area contributed by atoms with Gasteiger partial charge in [-0.3, -0.25) is 9.59 Å². The van der Waals surface area contributed by atoms with E-state index in [0.29, 0.717) is 25.0 Å². The van der Waals surface area contributed by atoms with Crippen LogP contribution in [0.4, 0.5) is 0 Å². The molecule has 3 saturated carbocycles. The minimum Gasteiger partial charge on any atom is -0.497 e. The van der Waals surface area contributed by atoms with Crippen LogP contribution in [0.15, 0.2) is 54.6 Å². The third-order valence-electron chi connectivity index (χ3n) is 9.64. The molecule has 0 unspecified atom stereocenters. The molecule has 7 atom stereocenters. The maximum atomic E-state index is 14.3. The molecule has 6 nitrogen and oxygen atoms in total. The minimum atomic E-state index is -1.42. The lowest BCUT2D eigenvalue weighted by Crippen LogP contribution is -2.68. The Balaban J connectivity index is 1.37. The number of fused-ring (bicyclic) bond motifs is 1. The molecule has 4 aliphatic carbocycles. The highest BCUT2D eigenvalue weighted by molar-refractivity contribution is 6.20. The van der Waals surface area contributed by atoms with Crippen molar-refractivity contribution >= 4 is 23.6 Å². The second-order valence-corrected chi connectivity index (χ2v) is 11.7. The van der Waals surface area contributed by atoms with Crippen LogP contribution >= 0.6 is 0 Å². The van der Waals surface area contributed by atoms with Crippen molar-refractivity contribution in [1.82, 2.24) is 0 Å². The van der Waals surface area contributed by atoms with Crippen molar-refractivity contribution in [3.8, 4) is 5.75 Å². The van der Waals surface area contributed by atoms with Crippen LogP contribution in [-0.4, -0.2) is 43.5 Å². The molecule has 1 aliphatic heterocycles. The van der Waals surface area contributed by atoms with E-state index in [0.717, 1.165) is 17.7 Å². The van der Waals surface area contributed by atoms with E-state index in [9.17, 15) is 14.4 Å². The maximum absolute atomic E-state index is 14.3. The van der Waals surface area contributed by atoms with Gasteiger partial charge in [-0.2, -0.15) is 0 Å². The van der Waals surface area contributed by atoms with Gasteiger partial charge in [0.2, 0.25) is 0 Å². The summed E-state index contributed by atoms with van der Waals surface area (Å²) in [6, 6.07) is 7.29. The quantitative estimate of drug-likeness (QED) is 0.272. The fourth-order valence-electron chi connectivity index (χ4n) is 8.25. The lowest BCUT2D eigenvalue weighted by molar-refractivity contribution is -0.187. The summed E-state index contributed by atoms with van der Waals surface area (Å²) >= 11 is 0. The van der Waals surface area contributed by atoms with Gasteiger partial charge in [-0.15, -0.1) is 0 Å². The largest absolute Gasteiger partial charge is 0.497 e. The standard InChI is InChI=1S/C30H32O6/c1-17-20-11-12-21-29-15-5-14-28(2,3)24(29)23(35-16-29)26(33)30(21,25(17)32)27(20)36-22(31)13-8-18-6-9-19(34-4)10-7-18/h5-10,13,15,20-21,23-24,27H,1,11-12,14,16H2,2-4H3/b13-8+/t20-,21-,23+,24+,27+,29+,30+/m0/s1. The molecule has 1 heterocycles. The minimum absolute atomic E-state index is 0.00246. The van der Waals surface area contributed by atoms with Crippen molar-refractivity contribution in [2.45, 2.75) is 45.3 Å². The molecule has 4 fully saturated rings. The molecule has 5 aliphatic rings. The van der Waals surface area contributed by atoms with Crippen LogP contribution < -0.4 is 4.74 Å². The zero-order valence-corrected chi connectivity index (χ0v) is 21.0. The molecule has 1 aromatic carbocycles. The Hall–Kier alpha value is -2.99. The van der Waals surface area contributed by atoms with Crippen molar-refractivity contribution in [2.75, 3.05) is 13.7 Å². The highest BCUT2D eigenvalue weighted by atomic mass is 16.5. The molecule has 1 spiro atoms. The Kier molecular flexibility index (Phi) is 5.04. The number of benzene rings is 1. The van der Waals surface area contributed by atoms with Gasteiger partial charge < -0.3 is 14.2 Å². The van der Waals surface area contributed by atoms with E-state index in [2.05, 4.69) is 32.6 Å². The summed E-state index contributed by atoms with van der Waals surface area (Å²) in [5.74, 6) is -0.916. The third-order valence-corrected chi connectivity index (χ3v) is 9.64. The predicted octanol–water partition coefficient (Wildman–Crippen LogP) is 4.34. The molecule has 0 radical (unpaired) electrons. The van der Waals surface area contributed by atoms with Gasteiger partial charge in [-0.05, 0) is 59.9 Å². The summed E-state index contributed by atoms with van der Waals surface area (Å²) < 4.78 is 17.4. The lowest BCUT2D eigenvalue weighted by Gasteiger charge is -2.59. The highest BCUT2D eigenvalue weighted by Crippen LogP contribution is 2.71. The first-order valence-electron chi connectivity index (χ1n) is 12.8. The molecule has 4 bridgehead atoms. The SMILES string of the molecule is C=C1C(=O)[C@@]23C(=O)[C@@H]4OC[C@]5(C=CCC(C)(C)[C@@H]45)[C@@H]2CC[C@@H]1[C@H]3OC(=O)/C=C/c1ccc(OC)cc1. The molecular weight excluding hydrogens is 456 g/mol. The molecule has 1 saturated heterocycles. The van der Waals surface area contributed by atoms with Crippen LogP contribution in [-0.2, 0) is 23.9 Å². The molecule has 6 heteroatoms. The topological polar surface area (TPSA) is 78.9 Å². The molecule has 1 aromatic rings. The van der Waals surface area contributed by atoms with Gasteiger partial charge in [-0.25, -0.2) is 4.79 Å². The number of rotatable bonds is 4. The van der Waals surface area contributed by atoms with E-state index < -0.39 is 29.0 Å². The molecule has 0 N–H and O–H groups in total. The van der Waals surface area contributed by atoms with Gasteiger partial charge >= 0.3 is 5.97 Å². The highest BCUT2D eigenvalue weighted by Gasteiger charge is 2.80. The molecule has 0 amide bonds. The average molecular weight is 489 g/mol. The number of carbonyl (C=O) groups is 3. The summed E-state index contributed by atoms with van der Waals surface area (Å²) in [6.07, 6.45) is 8.13. The third kappa shape index (κ3) is 2.85. The summed E-state index contributed by atoms with van der Waals surface area (Å²) in [4.78, 5) is 41.3. The second-order valence-electron chi connectivity index (χ2n) is 11.7. The number of ether oxygens (including phenoxy) is 3. The van der Waals surface area contributed by atoms with Gasteiger partial charge in [0, 0.05) is 23.3 Å². The maximum Gasteiger partial charge on any atom is 0.331 e. The smallest absolute Gasteiger partial charge is 0.331 e. The fraction of sp³-hybridized carbons (Fsp3) is 0.500. The number of carbonyl (C=O) groups excluding carboxylic acids is 3. The first kappa shape index (κ1) is 23.4. The van der Waals surface area contributed by atoms with Gasteiger partial charge in [0.15, 0.2) is 11.6 Å². The van der Waals surface area contributed by atoms with E-state index in [1.807, 2.05) is 24.3 Å². The van der Waals surface area contributed by atoms with Crippen LogP contribution in [0.1, 0.15) is 38.7 Å². The summed E-state index contributed by atoms with van der Waals surface area (Å²) in [5, 5.41) is 0. The number of ketones is 2. The van der Waals surface area contributed by atoms with Crippen molar-refractivity contribution < 1.29 is 28.6 Å². The van der Waals surface area contributed by atoms with Gasteiger partial charge in [0.1, 0.15) is 23.4 Å². The van der Waals surface area contributed by atoms with Gasteiger partial charge in [0.05, 0.1) is 13.7 Å². The number of hydrogen-bond acceptors (Lipinski definition) is 6. The zero-order valence-electron chi connectivity index (χ0n) is 21.0. The van der Waals surface area contributed by atoms with Crippen molar-refractivity contribution in [3.63, 3.8) is 0 Å². The van der Waals surface area contributed by atoms with Crippen LogP contribution in [0.25, 0.3) is 6.08 Å². The van der Waals surface area contributed by atoms with Gasteiger partial charge in [-0.1, -0.05) is 44.7 Å². The summed E-state index contributed by atoms with van der Waals surface area (Å²) in [7, 11) is 1.60. The Labute approximate surface area is 211 Å². The van der Waals surface area contributed by atoms with E-state index in [1.165, 1.54) is 6.08 Å². The van der Waals surface area contributed by atoms with Crippen LogP contribution in [0.5, 0.6) is 5.75 Å². The fourth-order valence-corrected chi connectivity index (χ4v) is 8.25. The monoisotopic (exact) mass is 488 g/mol. The number of Topliss-reactive ketones (excluding diaryl/α,β-unsaturated/α-hetero) is 2. The number of methoxy groups -OCH3 is 1. The molecule has 188 valence electrons. The molecule has 6 rings (SSSR count). The van der Waals surface area contributed by atoms with Crippen molar-refractivity contribution in [1.29, 1.82) is 0 Å². The summed E-state index contributed by atoms with van der Waals surface area (Å²) in [6.45, 7) is 8.88. The van der Waals surface area contributed by atoms with Crippen LogP contribution in [0.3, 0.4) is 0 Å². The van der Waals surface area contributed by atoms with Crippen molar-refractivity contribution in [3.05, 3.63) is 60.2 Å². The number of hydrogen-bond donors (Lipinski definition) is 0. The van der Waals surface area contributed by atoms with E-state index >= 15 is 0 Å². The summed E-state index contributed by atoms with van der Waals surface area (Å²) in [5.41, 5.74) is -0.743. The molecule has 36 heavy (non-hydrogen) atoms. The number of allylic oxidation sites excluding steroid dienone is 1.